The van der Waals surface area contributed by atoms with Crippen LogP contribution in [0.1, 0.15) is 33.1 Å². The number of nitro groups is 1. The fraction of sp³-hybridized carbons (Fsp3) is 0.667. The number of nitrogens with one attached hydrogen (secondary N) is 2. The Labute approximate surface area is 117 Å². The van der Waals surface area contributed by atoms with E-state index >= 15 is 0 Å². The second-order valence-corrected chi connectivity index (χ2v) is 5.08. The van der Waals surface area contributed by atoms with E-state index in [4.69, 9.17) is 0 Å². The van der Waals surface area contributed by atoms with Gasteiger partial charge in [-0.15, -0.1) is 0 Å². The summed E-state index contributed by atoms with van der Waals surface area (Å²) in [5, 5.41) is 15.9. The second-order valence-electron chi connectivity index (χ2n) is 5.08. The van der Waals surface area contributed by atoms with Gasteiger partial charge in [-0.2, -0.15) is 4.98 Å². The number of aromatic nitrogens is 2. The van der Waals surface area contributed by atoms with E-state index in [1.54, 1.807) is 7.05 Å². The predicted molar refractivity (Wildman–Crippen MR) is 76.5 cm³/mol. The predicted octanol–water partition coefficient (Wildman–Crippen LogP) is 2.02. The van der Waals surface area contributed by atoms with Crippen molar-refractivity contribution in [2.45, 2.75) is 45.2 Å². The molecule has 8 heteroatoms. The Kier molecular flexibility index (Phi) is 4.33. The van der Waals surface area contributed by atoms with Crippen LogP contribution in [0, 0.1) is 10.1 Å². The van der Waals surface area contributed by atoms with Gasteiger partial charge >= 0.3 is 5.69 Å². The maximum absolute atomic E-state index is 11.1. The van der Waals surface area contributed by atoms with E-state index in [2.05, 4.69) is 34.6 Å². The number of hydrazine groups is 1. The lowest BCUT2D eigenvalue weighted by molar-refractivity contribution is -0.384. The molecule has 2 unspecified atom stereocenters. The molecule has 1 fully saturated rings. The monoisotopic (exact) mass is 280 g/mol. The van der Waals surface area contributed by atoms with Crippen LogP contribution in [0.25, 0.3) is 0 Å². The molecule has 1 aliphatic heterocycles. The van der Waals surface area contributed by atoms with Crippen molar-refractivity contribution < 1.29 is 4.92 Å². The minimum absolute atomic E-state index is 0.117. The van der Waals surface area contributed by atoms with E-state index in [0.29, 0.717) is 18.0 Å². The van der Waals surface area contributed by atoms with Gasteiger partial charge in [-0.3, -0.25) is 15.5 Å². The lowest BCUT2D eigenvalue weighted by atomic mass is 10.00. The maximum Gasteiger partial charge on any atom is 0.330 e. The van der Waals surface area contributed by atoms with Crippen molar-refractivity contribution >= 4 is 17.5 Å². The molecule has 1 saturated heterocycles. The third kappa shape index (κ3) is 2.96. The van der Waals surface area contributed by atoms with Crippen LogP contribution in [-0.4, -0.2) is 39.0 Å². The molecular formula is C12H20N6O2. The standard InChI is InChI=1S/C12H20N6O2/c1-8-5-4-6-9(2)17(8)16-11-10(18(19)20)7-14-12(13-3)15-11/h7-9H,4-6H2,1-3H3,(H2,13,14,15,16). The van der Waals surface area contributed by atoms with Gasteiger partial charge in [0.1, 0.15) is 6.20 Å². The number of hydrogen-bond acceptors (Lipinski definition) is 7. The maximum atomic E-state index is 11.1. The van der Waals surface area contributed by atoms with Crippen molar-refractivity contribution in [2.75, 3.05) is 17.8 Å². The van der Waals surface area contributed by atoms with Crippen molar-refractivity contribution in [3.8, 4) is 0 Å². The topological polar surface area (TPSA) is 96.2 Å². The van der Waals surface area contributed by atoms with Gasteiger partial charge in [-0.25, -0.2) is 9.99 Å². The molecule has 0 saturated carbocycles. The lowest BCUT2D eigenvalue weighted by Crippen LogP contribution is -2.47. The Bertz CT molecular complexity index is 485. The average molecular weight is 280 g/mol. The van der Waals surface area contributed by atoms with Crippen molar-refractivity contribution in [2.24, 2.45) is 0 Å². The fourth-order valence-corrected chi connectivity index (χ4v) is 2.48. The van der Waals surface area contributed by atoms with E-state index in [0.717, 1.165) is 12.8 Å². The molecule has 2 heterocycles. The molecule has 0 bridgehead atoms. The molecule has 0 amide bonds. The number of anilines is 2. The van der Waals surface area contributed by atoms with Crippen LogP contribution in [0.3, 0.4) is 0 Å². The molecule has 0 radical (unpaired) electrons. The number of piperidine rings is 1. The van der Waals surface area contributed by atoms with E-state index in [1.165, 1.54) is 12.6 Å². The van der Waals surface area contributed by atoms with Gasteiger partial charge in [0.15, 0.2) is 0 Å². The Hall–Kier alpha value is -1.96. The average Bonchev–Trinajstić information content (AvgIpc) is 2.42. The quantitative estimate of drug-likeness (QED) is 0.643. The molecule has 110 valence electrons. The smallest absolute Gasteiger partial charge is 0.330 e. The van der Waals surface area contributed by atoms with Crippen molar-refractivity contribution in [3.63, 3.8) is 0 Å². The highest BCUT2D eigenvalue weighted by atomic mass is 16.6. The van der Waals surface area contributed by atoms with Gasteiger partial charge in [-0.05, 0) is 26.7 Å². The third-order valence-corrected chi connectivity index (χ3v) is 3.62. The molecule has 0 aromatic carbocycles. The van der Waals surface area contributed by atoms with Gasteiger partial charge in [0.25, 0.3) is 0 Å². The van der Waals surface area contributed by atoms with Crippen LogP contribution in [0.4, 0.5) is 17.5 Å². The lowest BCUT2D eigenvalue weighted by Gasteiger charge is -2.38. The Morgan fingerprint density at radius 3 is 2.60 bits per heavy atom. The Balaban J connectivity index is 2.28. The van der Waals surface area contributed by atoms with Gasteiger partial charge in [0.05, 0.1) is 4.92 Å². The first-order valence-electron chi connectivity index (χ1n) is 6.77. The van der Waals surface area contributed by atoms with Gasteiger partial charge in [0, 0.05) is 19.1 Å². The normalized spacial score (nSPS) is 23.4. The summed E-state index contributed by atoms with van der Waals surface area (Å²) in [6.07, 6.45) is 4.53. The van der Waals surface area contributed by atoms with E-state index in [-0.39, 0.29) is 11.5 Å². The van der Waals surface area contributed by atoms with Crippen LogP contribution in [0.15, 0.2) is 6.20 Å². The number of nitrogens with zero attached hydrogens (tertiary/aromatic N) is 4. The summed E-state index contributed by atoms with van der Waals surface area (Å²) >= 11 is 0. The minimum atomic E-state index is -0.471. The first-order valence-corrected chi connectivity index (χ1v) is 6.77. The second kappa shape index (κ2) is 6.00. The fourth-order valence-electron chi connectivity index (χ4n) is 2.48. The summed E-state index contributed by atoms with van der Waals surface area (Å²) in [6, 6.07) is 0.623. The first-order chi connectivity index (χ1) is 9.52. The molecule has 2 atom stereocenters. The zero-order valence-electron chi connectivity index (χ0n) is 12.0. The summed E-state index contributed by atoms with van der Waals surface area (Å²) in [5.74, 6) is 0.588. The molecule has 2 N–H and O–H groups in total. The van der Waals surface area contributed by atoms with Crippen molar-refractivity contribution in [1.29, 1.82) is 0 Å². The third-order valence-electron chi connectivity index (χ3n) is 3.62. The largest absolute Gasteiger partial charge is 0.357 e. The number of rotatable bonds is 4. The molecular weight excluding hydrogens is 260 g/mol. The molecule has 1 aromatic rings. The molecule has 0 aliphatic carbocycles. The zero-order chi connectivity index (χ0) is 14.7. The van der Waals surface area contributed by atoms with Crippen LogP contribution >= 0.6 is 0 Å². The van der Waals surface area contributed by atoms with Crippen LogP contribution in [0.5, 0.6) is 0 Å². The Morgan fingerprint density at radius 2 is 2.05 bits per heavy atom. The first kappa shape index (κ1) is 14.4. The van der Waals surface area contributed by atoms with Gasteiger partial charge in [-0.1, -0.05) is 6.42 Å². The molecule has 20 heavy (non-hydrogen) atoms. The molecule has 1 aromatic heterocycles. The van der Waals surface area contributed by atoms with E-state index < -0.39 is 4.92 Å². The molecule has 1 aliphatic rings. The van der Waals surface area contributed by atoms with Crippen LogP contribution in [0.2, 0.25) is 0 Å². The van der Waals surface area contributed by atoms with Crippen LogP contribution in [-0.2, 0) is 0 Å². The van der Waals surface area contributed by atoms with E-state index in [9.17, 15) is 10.1 Å². The molecule has 8 nitrogen and oxygen atoms in total. The zero-order valence-corrected chi connectivity index (χ0v) is 12.0. The molecule has 0 spiro atoms. The van der Waals surface area contributed by atoms with Gasteiger partial charge < -0.3 is 5.32 Å². The summed E-state index contributed by atoms with van der Waals surface area (Å²) in [7, 11) is 1.68. The van der Waals surface area contributed by atoms with Crippen molar-refractivity contribution in [1.82, 2.24) is 15.0 Å². The molecule has 2 rings (SSSR count). The highest BCUT2D eigenvalue weighted by molar-refractivity contribution is 5.56. The highest BCUT2D eigenvalue weighted by Gasteiger charge is 2.28. The Morgan fingerprint density at radius 1 is 1.40 bits per heavy atom. The minimum Gasteiger partial charge on any atom is -0.357 e. The van der Waals surface area contributed by atoms with Crippen LogP contribution < -0.4 is 10.7 Å². The highest BCUT2D eigenvalue weighted by Crippen LogP contribution is 2.27. The van der Waals surface area contributed by atoms with Gasteiger partial charge in [0.2, 0.25) is 11.8 Å². The van der Waals surface area contributed by atoms with E-state index in [1.807, 2.05) is 5.01 Å². The summed E-state index contributed by atoms with van der Waals surface area (Å²) in [6.45, 7) is 4.21. The summed E-state index contributed by atoms with van der Waals surface area (Å²) in [5.41, 5.74) is 2.99. The number of hydrogen-bond donors (Lipinski definition) is 2. The summed E-state index contributed by atoms with van der Waals surface area (Å²) < 4.78 is 0. The summed E-state index contributed by atoms with van der Waals surface area (Å²) in [4.78, 5) is 18.6. The SMILES string of the molecule is CNc1ncc([N+](=O)[O-])c(NN2C(C)CCCC2C)n1. The van der Waals surface area contributed by atoms with Crippen molar-refractivity contribution in [3.05, 3.63) is 16.3 Å².